The Morgan fingerprint density at radius 3 is 2.40 bits per heavy atom. The second kappa shape index (κ2) is 13.4. The number of furan rings is 1. The molecular weight excluding hydrogens is 522 g/mol. The van der Waals surface area contributed by atoms with E-state index in [1.807, 2.05) is 0 Å². The molecule has 13 nitrogen and oxygen atoms in total. The lowest BCUT2D eigenvalue weighted by molar-refractivity contribution is -0.144. The van der Waals surface area contributed by atoms with Crippen LogP contribution in [0.5, 0.6) is 0 Å². The summed E-state index contributed by atoms with van der Waals surface area (Å²) in [5.74, 6) is -3.00. The van der Waals surface area contributed by atoms with Crippen molar-refractivity contribution < 1.29 is 37.9 Å². The van der Waals surface area contributed by atoms with Gasteiger partial charge in [-0.1, -0.05) is 40.0 Å². The molecule has 5 amide bonds. The molecule has 2 aliphatic rings. The maximum absolute atomic E-state index is 13.6. The van der Waals surface area contributed by atoms with Gasteiger partial charge < -0.3 is 35.7 Å². The van der Waals surface area contributed by atoms with E-state index in [2.05, 4.69) is 16.0 Å². The van der Waals surface area contributed by atoms with Crippen LogP contribution in [0.3, 0.4) is 0 Å². The number of urea groups is 1. The molecule has 220 valence electrons. The van der Waals surface area contributed by atoms with Crippen LogP contribution in [0.15, 0.2) is 22.8 Å². The van der Waals surface area contributed by atoms with E-state index in [4.69, 9.17) is 14.9 Å². The quantitative estimate of drug-likeness (QED) is 0.212. The number of carbonyl (C=O) groups is 6. The number of likely N-dealkylation sites (tertiary alicyclic amines) is 1. The molecule has 1 aromatic rings. The number of Topliss-reactive ketones (excluding diaryl/α,β-unsaturated/α-hetero) is 1. The number of ether oxygens (including phenoxy) is 1. The summed E-state index contributed by atoms with van der Waals surface area (Å²) in [5.41, 5.74) is 4.47. The number of hydrogen-bond acceptors (Lipinski definition) is 8. The number of rotatable bonds is 12. The number of esters is 1. The smallest absolute Gasteiger partial charge is 0.325 e. The van der Waals surface area contributed by atoms with E-state index < -0.39 is 65.6 Å². The number of hydrogen-bond donors (Lipinski definition) is 4. The van der Waals surface area contributed by atoms with Crippen molar-refractivity contribution in [1.82, 2.24) is 20.9 Å². The number of nitrogens with two attached hydrogens (primary N) is 1. The first-order valence-electron chi connectivity index (χ1n) is 13.5. The topological polar surface area (TPSA) is 190 Å². The van der Waals surface area contributed by atoms with E-state index in [1.165, 1.54) is 11.2 Å². The molecule has 1 saturated heterocycles. The Kier molecular flexibility index (Phi) is 10.3. The summed E-state index contributed by atoms with van der Waals surface area (Å²) in [5, 5.41) is 7.66. The fraction of sp³-hybridized carbons (Fsp3) is 0.630. The summed E-state index contributed by atoms with van der Waals surface area (Å²) in [6.45, 7) is 5.06. The highest BCUT2D eigenvalue weighted by atomic mass is 16.5. The Bertz CT molecular complexity index is 1090. The summed E-state index contributed by atoms with van der Waals surface area (Å²) in [6, 6.07) is -0.398. The Morgan fingerprint density at radius 2 is 1.82 bits per heavy atom. The van der Waals surface area contributed by atoms with Crippen molar-refractivity contribution in [3.05, 3.63) is 24.2 Å². The minimum absolute atomic E-state index is 0.0802. The van der Waals surface area contributed by atoms with Gasteiger partial charge >= 0.3 is 12.0 Å². The zero-order valence-electron chi connectivity index (χ0n) is 23.2. The molecule has 1 saturated carbocycles. The van der Waals surface area contributed by atoms with E-state index in [0.717, 1.165) is 19.3 Å². The van der Waals surface area contributed by atoms with Crippen molar-refractivity contribution in [1.29, 1.82) is 0 Å². The van der Waals surface area contributed by atoms with Gasteiger partial charge in [0.15, 0.2) is 0 Å². The average molecular weight is 562 g/mol. The van der Waals surface area contributed by atoms with Crippen LogP contribution in [0.25, 0.3) is 0 Å². The number of nitrogens with one attached hydrogen (secondary N) is 3. The molecule has 0 spiro atoms. The zero-order chi connectivity index (χ0) is 29.4. The molecule has 0 bridgehead atoms. The van der Waals surface area contributed by atoms with E-state index >= 15 is 0 Å². The molecule has 13 heteroatoms. The molecule has 40 heavy (non-hydrogen) atoms. The van der Waals surface area contributed by atoms with Crippen molar-refractivity contribution in [3.63, 3.8) is 0 Å². The lowest BCUT2D eigenvalue weighted by atomic mass is 9.80. The molecule has 1 aromatic heterocycles. The molecule has 2 fully saturated rings. The van der Waals surface area contributed by atoms with E-state index in [-0.39, 0.29) is 19.1 Å². The molecule has 0 aromatic carbocycles. The van der Waals surface area contributed by atoms with E-state index in [9.17, 15) is 28.8 Å². The van der Waals surface area contributed by atoms with Crippen molar-refractivity contribution >= 4 is 35.5 Å². The number of amides is 5. The van der Waals surface area contributed by atoms with Crippen LogP contribution in [0.1, 0.15) is 65.1 Å². The molecular formula is C27H39N5O8. The highest BCUT2D eigenvalue weighted by Crippen LogP contribution is 2.31. The van der Waals surface area contributed by atoms with Crippen LogP contribution < -0.4 is 21.7 Å². The lowest BCUT2D eigenvalue weighted by Crippen LogP contribution is -2.60. The fourth-order valence-electron chi connectivity index (χ4n) is 4.78. The monoisotopic (exact) mass is 561 g/mol. The minimum atomic E-state index is -1.11. The molecule has 3 atom stereocenters. The maximum Gasteiger partial charge on any atom is 0.325 e. The van der Waals surface area contributed by atoms with Crippen LogP contribution in [0, 0.1) is 11.3 Å². The first-order valence-corrected chi connectivity index (χ1v) is 13.5. The van der Waals surface area contributed by atoms with Crippen molar-refractivity contribution in [2.45, 2.75) is 84.0 Å². The lowest BCUT2D eigenvalue weighted by Gasteiger charge is -2.36. The Balaban J connectivity index is 1.60. The summed E-state index contributed by atoms with van der Waals surface area (Å²) < 4.78 is 10.1. The van der Waals surface area contributed by atoms with Gasteiger partial charge in [0.25, 0.3) is 5.91 Å². The molecule has 0 radical (unpaired) electrons. The summed E-state index contributed by atoms with van der Waals surface area (Å²) >= 11 is 0. The van der Waals surface area contributed by atoms with E-state index in [0.29, 0.717) is 25.0 Å². The molecule has 2 heterocycles. The second-order valence-corrected chi connectivity index (χ2v) is 11.4. The number of nitrogens with zero attached hydrogens (tertiary/aromatic N) is 1. The van der Waals surface area contributed by atoms with Gasteiger partial charge in [0, 0.05) is 6.54 Å². The van der Waals surface area contributed by atoms with Crippen LogP contribution in [-0.2, 0) is 35.3 Å². The number of carbonyl (C=O) groups excluding carboxylic acids is 6. The molecule has 3 rings (SSSR count). The highest BCUT2D eigenvalue weighted by Gasteiger charge is 2.43. The molecule has 1 aliphatic carbocycles. The van der Waals surface area contributed by atoms with Gasteiger partial charge in [0.2, 0.25) is 17.6 Å². The van der Waals surface area contributed by atoms with Crippen LogP contribution in [0.2, 0.25) is 0 Å². The minimum Gasteiger partial charge on any atom is -0.466 e. The molecule has 1 aliphatic heterocycles. The summed E-state index contributed by atoms with van der Waals surface area (Å²) in [7, 11) is 0. The Labute approximate surface area is 232 Å². The second-order valence-electron chi connectivity index (χ2n) is 11.4. The standard InChI is InChI=1S/C27H39N5O8/c1-27(2,3)22(31-26(38)29-14-20(33)40-15-17-9-6-12-39-17)25(37)32-11-5-10-19(32)24(36)30-18(21(34)23(28)35)13-16-7-4-8-16/h6,9,12,16,18-19,22H,4-5,7-8,10-11,13-15H2,1-3H3,(H2,28,35)(H,30,36)(H2,29,31,38). The van der Waals surface area contributed by atoms with Gasteiger partial charge in [-0.25, -0.2) is 4.79 Å². The number of primary amides is 1. The first kappa shape index (κ1) is 30.6. The third-order valence-electron chi connectivity index (χ3n) is 7.25. The summed E-state index contributed by atoms with van der Waals surface area (Å²) in [6.07, 6.45) is 5.53. The Morgan fingerprint density at radius 1 is 1.10 bits per heavy atom. The predicted molar refractivity (Wildman–Crippen MR) is 141 cm³/mol. The maximum atomic E-state index is 13.6. The summed E-state index contributed by atoms with van der Waals surface area (Å²) in [4.78, 5) is 76.8. The van der Waals surface area contributed by atoms with Gasteiger partial charge in [0.05, 0.1) is 12.3 Å². The first-order chi connectivity index (χ1) is 18.9. The van der Waals surface area contributed by atoms with Crippen LogP contribution >= 0.6 is 0 Å². The van der Waals surface area contributed by atoms with Gasteiger partial charge in [-0.3, -0.25) is 24.0 Å². The SMILES string of the molecule is CC(C)(C)C(NC(=O)NCC(=O)OCc1ccco1)C(=O)N1CCCC1C(=O)NC(CC1CCC1)C(=O)C(N)=O. The highest BCUT2D eigenvalue weighted by molar-refractivity contribution is 6.37. The zero-order valence-corrected chi connectivity index (χ0v) is 23.2. The third-order valence-corrected chi connectivity index (χ3v) is 7.25. The van der Waals surface area contributed by atoms with Gasteiger partial charge in [-0.15, -0.1) is 0 Å². The van der Waals surface area contributed by atoms with Gasteiger partial charge in [-0.05, 0) is 42.7 Å². The molecule has 5 N–H and O–H groups in total. The average Bonchev–Trinajstić information content (AvgIpc) is 3.56. The molecule has 3 unspecified atom stereocenters. The largest absolute Gasteiger partial charge is 0.466 e. The predicted octanol–water partition coefficient (Wildman–Crippen LogP) is 0.757. The van der Waals surface area contributed by atoms with Crippen molar-refractivity contribution in [2.75, 3.05) is 13.1 Å². The normalized spacial score (nSPS) is 18.7. The van der Waals surface area contributed by atoms with E-state index in [1.54, 1.807) is 32.9 Å². The van der Waals surface area contributed by atoms with Crippen molar-refractivity contribution in [2.24, 2.45) is 17.1 Å². The van der Waals surface area contributed by atoms with Crippen LogP contribution in [-0.4, -0.2) is 71.6 Å². The fourth-order valence-corrected chi connectivity index (χ4v) is 4.78. The Hall–Kier alpha value is -3.90. The van der Waals surface area contributed by atoms with Crippen molar-refractivity contribution in [3.8, 4) is 0 Å². The third kappa shape index (κ3) is 8.30. The number of ketones is 1. The van der Waals surface area contributed by atoms with Gasteiger partial charge in [-0.2, -0.15) is 0 Å². The van der Waals surface area contributed by atoms with Crippen LogP contribution in [0.4, 0.5) is 4.79 Å². The van der Waals surface area contributed by atoms with Gasteiger partial charge in [0.1, 0.15) is 31.0 Å².